The van der Waals surface area contributed by atoms with Crippen molar-refractivity contribution >= 4 is 44.4 Å². The fourth-order valence-electron chi connectivity index (χ4n) is 3.81. The number of rotatable bonds is 6. The average molecular weight is 448 g/mol. The summed E-state index contributed by atoms with van der Waals surface area (Å²) in [6.45, 7) is 14.3. The molecular weight excluding hydrogens is 420 g/mol. The van der Waals surface area contributed by atoms with Gasteiger partial charge in [-0.3, -0.25) is 0 Å². The Bertz CT molecular complexity index is 497. The van der Waals surface area contributed by atoms with Crippen molar-refractivity contribution in [3.63, 3.8) is 0 Å². The highest BCUT2D eigenvalue weighted by atomic mass is 79.9. The summed E-state index contributed by atoms with van der Waals surface area (Å²) in [6.07, 6.45) is 0. The Labute approximate surface area is 153 Å². The molecule has 0 radical (unpaired) electrons. The zero-order valence-corrected chi connectivity index (χ0v) is 18.9. The molecule has 0 fully saturated rings. The SMILES string of the molecule is COc1ccc(/C(Br)=C(/Br)[Si](C(C)C)(C(C)C)C(C)C)cc1. The van der Waals surface area contributed by atoms with Gasteiger partial charge < -0.3 is 4.74 Å². The summed E-state index contributed by atoms with van der Waals surface area (Å²) >= 11 is 7.87. The van der Waals surface area contributed by atoms with E-state index >= 15 is 0 Å². The van der Waals surface area contributed by atoms with Crippen LogP contribution in [0.4, 0.5) is 0 Å². The van der Waals surface area contributed by atoms with Crippen LogP contribution in [0.1, 0.15) is 47.1 Å². The van der Waals surface area contributed by atoms with Gasteiger partial charge in [-0.2, -0.15) is 0 Å². The van der Waals surface area contributed by atoms with Crippen LogP contribution >= 0.6 is 31.9 Å². The van der Waals surface area contributed by atoms with Crippen molar-refractivity contribution in [1.29, 1.82) is 0 Å². The molecule has 0 heterocycles. The molecule has 0 N–H and O–H groups in total. The molecule has 124 valence electrons. The summed E-state index contributed by atoms with van der Waals surface area (Å²) in [4.78, 5) is 0. The van der Waals surface area contributed by atoms with E-state index in [2.05, 4.69) is 85.5 Å². The molecule has 0 atom stereocenters. The second-order valence-electron chi connectivity index (χ2n) is 6.75. The number of hydrogen-bond acceptors (Lipinski definition) is 1. The maximum atomic E-state index is 5.26. The average Bonchev–Trinajstić information content (AvgIpc) is 2.45. The van der Waals surface area contributed by atoms with Crippen LogP contribution in [-0.2, 0) is 0 Å². The predicted octanol–water partition coefficient (Wildman–Crippen LogP) is 7.37. The maximum Gasteiger partial charge on any atom is 0.118 e. The van der Waals surface area contributed by atoms with Crippen LogP contribution in [0.15, 0.2) is 28.4 Å². The van der Waals surface area contributed by atoms with Crippen molar-refractivity contribution in [3.8, 4) is 5.75 Å². The molecule has 0 saturated heterocycles. The van der Waals surface area contributed by atoms with Gasteiger partial charge in [-0.25, -0.2) is 0 Å². The lowest BCUT2D eigenvalue weighted by Gasteiger charge is -2.43. The third-order valence-electron chi connectivity index (χ3n) is 4.78. The van der Waals surface area contributed by atoms with Gasteiger partial charge in [0.25, 0.3) is 0 Å². The van der Waals surface area contributed by atoms with Crippen LogP contribution in [-0.4, -0.2) is 15.2 Å². The Morgan fingerprint density at radius 2 is 1.27 bits per heavy atom. The molecule has 1 aromatic rings. The lowest BCUT2D eigenvalue weighted by Crippen LogP contribution is -2.45. The quantitative estimate of drug-likeness (QED) is 0.413. The van der Waals surface area contributed by atoms with E-state index in [9.17, 15) is 0 Å². The van der Waals surface area contributed by atoms with Crippen molar-refractivity contribution in [2.45, 2.75) is 58.2 Å². The van der Waals surface area contributed by atoms with Crippen molar-refractivity contribution in [2.75, 3.05) is 7.11 Å². The minimum atomic E-state index is -1.68. The van der Waals surface area contributed by atoms with Crippen molar-refractivity contribution in [3.05, 3.63) is 33.9 Å². The van der Waals surface area contributed by atoms with E-state index < -0.39 is 8.07 Å². The first-order valence-electron chi connectivity index (χ1n) is 7.89. The molecular formula is C18H28Br2OSi. The van der Waals surface area contributed by atoms with Gasteiger partial charge in [0.15, 0.2) is 0 Å². The monoisotopic (exact) mass is 446 g/mol. The Balaban J connectivity index is 3.45. The highest BCUT2D eigenvalue weighted by Gasteiger charge is 2.46. The second kappa shape index (κ2) is 8.16. The molecule has 1 rings (SSSR count). The predicted molar refractivity (Wildman–Crippen MR) is 109 cm³/mol. The molecule has 1 nitrogen and oxygen atoms in total. The molecule has 0 aliphatic heterocycles. The summed E-state index contributed by atoms with van der Waals surface area (Å²) < 4.78 is 7.84. The lowest BCUT2D eigenvalue weighted by atomic mass is 10.2. The molecule has 4 heteroatoms. The van der Waals surface area contributed by atoms with Crippen LogP contribution in [0.25, 0.3) is 4.48 Å². The zero-order valence-electron chi connectivity index (χ0n) is 14.7. The van der Waals surface area contributed by atoms with Crippen LogP contribution in [0.5, 0.6) is 5.75 Å². The minimum Gasteiger partial charge on any atom is -0.497 e. The molecule has 1 aromatic carbocycles. The topological polar surface area (TPSA) is 9.23 Å². The maximum absolute atomic E-state index is 5.26. The Morgan fingerprint density at radius 3 is 1.59 bits per heavy atom. The molecule has 0 saturated carbocycles. The molecule has 0 spiro atoms. The number of hydrogen-bond donors (Lipinski definition) is 0. The van der Waals surface area contributed by atoms with Gasteiger partial charge >= 0.3 is 0 Å². The highest BCUT2D eigenvalue weighted by molar-refractivity contribution is 9.17. The summed E-state index contributed by atoms with van der Waals surface area (Å²) in [5.41, 5.74) is 3.22. The Hall–Kier alpha value is -0.0631. The molecule has 0 aliphatic carbocycles. The lowest BCUT2D eigenvalue weighted by molar-refractivity contribution is 0.415. The number of ether oxygens (including phenoxy) is 1. The fourth-order valence-corrected chi connectivity index (χ4v) is 15.5. The first kappa shape index (κ1) is 20.0. The van der Waals surface area contributed by atoms with E-state index in [1.54, 1.807) is 7.11 Å². The number of methoxy groups -OCH3 is 1. The Morgan fingerprint density at radius 1 is 0.864 bits per heavy atom. The van der Waals surface area contributed by atoms with Crippen LogP contribution in [0, 0.1) is 0 Å². The standard InChI is InChI=1S/C18H28Br2OSi/c1-12(2)22(13(3)4,14(5)6)18(20)17(19)15-8-10-16(21-7)11-9-15/h8-14H,1-7H3/b18-17+. The highest BCUT2D eigenvalue weighted by Crippen LogP contribution is 2.51. The zero-order chi connectivity index (χ0) is 17.1. The summed E-state index contributed by atoms with van der Waals surface area (Å²) in [7, 11) is 0.0179. The summed E-state index contributed by atoms with van der Waals surface area (Å²) in [5.74, 6) is 0.889. The summed E-state index contributed by atoms with van der Waals surface area (Å²) in [6, 6.07) is 8.26. The van der Waals surface area contributed by atoms with E-state index in [1.165, 1.54) is 14.2 Å². The van der Waals surface area contributed by atoms with Gasteiger partial charge in [-0.05, 0) is 54.4 Å². The van der Waals surface area contributed by atoms with Gasteiger partial charge in [0, 0.05) is 4.48 Å². The van der Waals surface area contributed by atoms with E-state index in [4.69, 9.17) is 4.74 Å². The van der Waals surface area contributed by atoms with E-state index in [0.29, 0.717) is 16.6 Å². The molecule has 0 aromatic heterocycles. The van der Waals surface area contributed by atoms with Crippen molar-refractivity contribution < 1.29 is 4.74 Å². The molecule has 0 aliphatic rings. The largest absolute Gasteiger partial charge is 0.497 e. The van der Waals surface area contributed by atoms with E-state index in [1.807, 2.05) is 12.1 Å². The molecule has 22 heavy (non-hydrogen) atoms. The van der Waals surface area contributed by atoms with Crippen LogP contribution < -0.4 is 4.74 Å². The van der Waals surface area contributed by atoms with E-state index in [-0.39, 0.29) is 0 Å². The van der Waals surface area contributed by atoms with Gasteiger partial charge in [0.05, 0.1) is 7.11 Å². The van der Waals surface area contributed by atoms with Crippen LogP contribution in [0.3, 0.4) is 0 Å². The van der Waals surface area contributed by atoms with Gasteiger partial charge in [0.1, 0.15) is 13.8 Å². The second-order valence-corrected chi connectivity index (χ2v) is 14.9. The van der Waals surface area contributed by atoms with Crippen molar-refractivity contribution in [2.24, 2.45) is 0 Å². The van der Waals surface area contributed by atoms with Gasteiger partial charge in [-0.15, -0.1) is 0 Å². The minimum absolute atomic E-state index is 0.674. The Kier molecular flexibility index (Phi) is 7.41. The normalized spacial score (nSPS) is 13.8. The van der Waals surface area contributed by atoms with Gasteiger partial charge in [-0.1, -0.05) is 69.6 Å². The first-order chi connectivity index (χ1) is 10.2. The third kappa shape index (κ3) is 3.70. The molecule has 0 bridgehead atoms. The molecule has 0 amide bonds. The first-order valence-corrected chi connectivity index (χ1v) is 11.7. The fraction of sp³-hybridized carbons (Fsp3) is 0.556. The third-order valence-corrected chi connectivity index (χ3v) is 15.7. The molecule has 0 unspecified atom stereocenters. The van der Waals surface area contributed by atoms with Crippen LogP contribution in [0.2, 0.25) is 16.6 Å². The van der Waals surface area contributed by atoms with Gasteiger partial charge in [0.2, 0.25) is 0 Å². The number of halogens is 2. The van der Waals surface area contributed by atoms with Crippen molar-refractivity contribution in [1.82, 2.24) is 0 Å². The number of benzene rings is 1. The van der Waals surface area contributed by atoms with E-state index in [0.717, 1.165) is 5.75 Å². The smallest absolute Gasteiger partial charge is 0.118 e. The summed E-state index contributed by atoms with van der Waals surface area (Å²) in [5, 5.41) is 0.